The molecule has 1 saturated heterocycles. The summed E-state index contributed by atoms with van der Waals surface area (Å²) in [4.78, 5) is 16.6. The van der Waals surface area contributed by atoms with E-state index in [9.17, 15) is 4.79 Å². The maximum atomic E-state index is 12.3. The van der Waals surface area contributed by atoms with Crippen LogP contribution in [0.2, 0.25) is 0 Å². The first-order chi connectivity index (χ1) is 10.7. The van der Waals surface area contributed by atoms with Crippen molar-refractivity contribution in [3.63, 3.8) is 0 Å². The highest BCUT2D eigenvalue weighted by molar-refractivity contribution is 5.74. The molecule has 0 radical (unpaired) electrons. The Kier molecular flexibility index (Phi) is 6.21. The van der Waals surface area contributed by atoms with Gasteiger partial charge in [0, 0.05) is 25.7 Å². The number of likely N-dealkylation sites (N-methyl/N-ethyl adjacent to an activating group) is 1. The Hall–Kier alpha value is -1.59. The molecule has 0 spiro atoms. The fraction of sp³-hybridized carbons (Fsp3) is 0.588. The van der Waals surface area contributed by atoms with E-state index < -0.39 is 0 Å². The van der Waals surface area contributed by atoms with Crippen LogP contribution in [0.15, 0.2) is 24.3 Å². The zero-order chi connectivity index (χ0) is 15.9. The van der Waals surface area contributed by atoms with Crippen LogP contribution in [0.3, 0.4) is 0 Å². The normalized spacial score (nSPS) is 18.0. The number of likely N-dealkylation sites (tertiary alicyclic amines) is 1. The van der Waals surface area contributed by atoms with Crippen LogP contribution < -0.4 is 5.32 Å². The van der Waals surface area contributed by atoms with Crippen LogP contribution in [-0.4, -0.2) is 53.2 Å². The second-order valence-electron chi connectivity index (χ2n) is 5.75. The molecule has 22 heavy (non-hydrogen) atoms. The van der Waals surface area contributed by atoms with Gasteiger partial charge in [-0.15, -0.1) is 0 Å². The number of carbonyl (C=O) groups is 1. The summed E-state index contributed by atoms with van der Waals surface area (Å²) in [5.41, 5.74) is 1.88. The first-order valence-corrected chi connectivity index (χ1v) is 8.13. The first kappa shape index (κ1) is 16.8. The van der Waals surface area contributed by atoms with E-state index in [0.717, 1.165) is 43.7 Å². The Balaban J connectivity index is 1.83. The Morgan fingerprint density at radius 1 is 1.36 bits per heavy atom. The third-order valence-corrected chi connectivity index (χ3v) is 4.40. The molecule has 0 aliphatic carbocycles. The Labute approximate surface area is 132 Å². The van der Waals surface area contributed by atoms with Crippen LogP contribution in [0.25, 0.3) is 0 Å². The van der Waals surface area contributed by atoms with Gasteiger partial charge in [0.1, 0.15) is 0 Å². The number of nitrogens with zero attached hydrogens (tertiary/aromatic N) is 2. The summed E-state index contributed by atoms with van der Waals surface area (Å²) in [6, 6.07) is 8.15. The number of nitrogens with one attached hydrogen (secondary N) is 1. The number of urea groups is 1. The van der Waals surface area contributed by atoms with Crippen LogP contribution in [0.4, 0.5) is 4.79 Å². The largest absolute Gasteiger partial charge is 0.392 e. The molecule has 2 rings (SSSR count). The van der Waals surface area contributed by atoms with Crippen molar-refractivity contribution in [2.45, 2.75) is 39.5 Å². The third kappa shape index (κ3) is 4.21. The van der Waals surface area contributed by atoms with Gasteiger partial charge in [0.25, 0.3) is 0 Å². The minimum absolute atomic E-state index is 0.00376. The van der Waals surface area contributed by atoms with Gasteiger partial charge in [-0.25, -0.2) is 4.79 Å². The van der Waals surface area contributed by atoms with Gasteiger partial charge in [-0.3, -0.25) is 4.90 Å². The fourth-order valence-electron chi connectivity index (χ4n) is 3.09. The molecule has 2 N–H and O–H groups in total. The molecule has 0 aromatic heterocycles. The Morgan fingerprint density at radius 2 is 2.09 bits per heavy atom. The number of rotatable bonds is 6. The van der Waals surface area contributed by atoms with Gasteiger partial charge in [-0.2, -0.15) is 0 Å². The highest BCUT2D eigenvalue weighted by Gasteiger charge is 2.28. The average molecular weight is 305 g/mol. The third-order valence-electron chi connectivity index (χ3n) is 4.40. The van der Waals surface area contributed by atoms with Gasteiger partial charge in [-0.1, -0.05) is 38.1 Å². The van der Waals surface area contributed by atoms with Crippen molar-refractivity contribution in [1.29, 1.82) is 0 Å². The van der Waals surface area contributed by atoms with Crippen molar-refractivity contribution in [1.82, 2.24) is 15.1 Å². The summed E-state index contributed by atoms with van der Waals surface area (Å²) in [6.45, 7) is 8.56. The van der Waals surface area contributed by atoms with Gasteiger partial charge in [-0.05, 0) is 30.6 Å². The number of aliphatic hydroxyl groups is 1. The monoisotopic (exact) mass is 305 g/mol. The molecule has 122 valence electrons. The SMILES string of the molecule is CCN(CC)C1CCN(C(=O)NCc2cccc(CO)c2)C1. The number of hydrogen-bond acceptors (Lipinski definition) is 3. The predicted molar refractivity (Wildman–Crippen MR) is 87.5 cm³/mol. The molecule has 1 fully saturated rings. The van der Waals surface area contributed by atoms with Crippen LogP contribution in [0, 0.1) is 0 Å². The molecule has 1 aromatic carbocycles. The number of benzene rings is 1. The molecule has 2 amide bonds. The van der Waals surface area contributed by atoms with Crippen LogP contribution in [-0.2, 0) is 13.2 Å². The molecule has 1 aliphatic heterocycles. The van der Waals surface area contributed by atoms with Gasteiger partial charge in [0.15, 0.2) is 0 Å². The van der Waals surface area contributed by atoms with Crippen molar-refractivity contribution >= 4 is 6.03 Å². The topological polar surface area (TPSA) is 55.8 Å². The predicted octanol–water partition coefficient (Wildman–Crippen LogP) is 1.80. The van der Waals surface area contributed by atoms with E-state index in [1.165, 1.54) is 0 Å². The van der Waals surface area contributed by atoms with Crippen molar-refractivity contribution in [2.24, 2.45) is 0 Å². The van der Waals surface area contributed by atoms with E-state index in [0.29, 0.717) is 12.6 Å². The van der Waals surface area contributed by atoms with E-state index in [1.807, 2.05) is 29.2 Å². The molecule has 0 bridgehead atoms. The maximum absolute atomic E-state index is 12.3. The summed E-state index contributed by atoms with van der Waals surface area (Å²) in [6.07, 6.45) is 1.05. The number of aliphatic hydroxyl groups excluding tert-OH is 1. The number of amides is 2. The van der Waals surface area contributed by atoms with Crippen molar-refractivity contribution in [2.75, 3.05) is 26.2 Å². The van der Waals surface area contributed by atoms with Gasteiger partial charge < -0.3 is 15.3 Å². The van der Waals surface area contributed by atoms with Crippen LogP contribution >= 0.6 is 0 Å². The summed E-state index contributed by atoms with van der Waals surface area (Å²) >= 11 is 0. The highest BCUT2D eigenvalue weighted by Crippen LogP contribution is 2.15. The molecule has 1 unspecified atom stereocenters. The zero-order valence-electron chi connectivity index (χ0n) is 13.6. The summed E-state index contributed by atoms with van der Waals surface area (Å²) in [5.74, 6) is 0. The quantitative estimate of drug-likeness (QED) is 0.843. The lowest BCUT2D eigenvalue weighted by molar-refractivity contribution is 0.192. The molecule has 1 aromatic rings. The minimum atomic E-state index is 0.00376. The molecule has 1 atom stereocenters. The van der Waals surface area contributed by atoms with Gasteiger partial charge in [0.05, 0.1) is 6.61 Å². The number of hydrogen-bond donors (Lipinski definition) is 2. The molecular formula is C17H27N3O2. The maximum Gasteiger partial charge on any atom is 0.317 e. The van der Waals surface area contributed by atoms with Gasteiger partial charge in [0.2, 0.25) is 0 Å². The van der Waals surface area contributed by atoms with Crippen molar-refractivity contribution in [3.8, 4) is 0 Å². The standard InChI is InChI=1S/C17H27N3O2/c1-3-19(4-2)16-8-9-20(12-16)17(22)18-11-14-6-5-7-15(10-14)13-21/h5-7,10,16,21H,3-4,8-9,11-13H2,1-2H3,(H,18,22). The zero-order valence-corrected chi connectivity index (χ0v) is 13.6. The Bertz CT molecular complexity index is 489. The molecule has 5 nitrogen and oxygen atoms in total. The lowest BCUT2D eigenvalue weighted by Crippen LogP contribution is -2.42. The lowest BCUT2D eigenvalue weighted by Gasteiger charge is -2.26. The number of carbonyl (C=O) groups excluding carboxylic acids is 1. The summed E-state index contributed by atoms with van der Waals surface area (Å²) < 4.78 is 0. The second kappa shape index (κ2) is 8.15. The first-order valence-electron chi connectivity index (χ1n) is 8.13. The minimum Gasteiger partial charge on any atom is -0.392 e. The molecule has 0 saturated carbocycles. The molecule has 1 heterocycles. The van der Waals surface area contributed by atoms with Crippen molar-refractivity contribution < 1.29 is 9.90 Å². The second-order valence-corrected chi connectivity index (χ2v) is 5.75. The lowest BCUT2D eigenvalue weighted by atomic mass is 10.1. The van der Waals surface area contributed by atoms with E-state index in [2.05, 4.69) is 24.1 Å². The summed E-state index contributed by atoms with van der Waals surface area (Å²) in [5, 5.41) is 12.1. The molecule has 1 aliphatic rings. The highest BCUT2D eigenvalue weighted by atomic mass is 16.3. The van der Waals surface area contributed by atoms with E-state index in [1.54, 1.807) is 0 Å². The van der Waals surface area contributed by atoms with E-state index >= 15 is 0 Å². The van der Waals surface area contributed by atoms with E-state index in [4.69, 9.17) is 5.11 Å². The van der Waals surface area contributed by atoms with Crippen LogP contribution in [0.1, 0.15) is 31.4 Å². The van der Waals surface area contributed by atoms with E-state index in [-0.39, 0.29) is 12.6 Å². The molecular weight excluding hydrogens is 278 g/mol. The molecule has 5 heteroatoms. The Morgan fingerprint density at radius 3 is 2.77 bits per heavy atom. The average Bonchev–Trinajstić information content (AvgIpc) is 3.04. The van der Waals surface area contributed by atoms with Crippen molar-refractivity contribution in [3.05, 3.63) is 35.4 Å². The fourth-order valence-corrected chi connectivity index (χ4v) is 3.09. The van der Waals surface area contributed by atoms with Crippen LogP contribution in [0.5, 0.6) is 0 Å². The smallest absolute Gasteiger partial charge is 0.317 e. The summed E-state index contributed by atoms with van der Waals surface area (Å²) in [7, 11) is 0. The van der Waals surface area contributed by atoms with Gasteiger partial charge >= 0.3 is 6.03 Å².